The van der Waals surface area contributed by atoms with Gasteiger partial charge in [0.25, 0.3) is 11.8 Å². The first kappa shape index (κ1) is 18.2. The van der Waals surface area contributed by atoms with E-state index in [4.69, 9.17) is 4.84 Å². The van der Waals surface area contributed by atoms with E-state index in [2.05, 4.69) is 10.5 Å². The number of carbonyl (C=O) groups is 2. The Hall–Kier alpha value is -2.83. The second kappa shape index (κ2) is 6.90. The van der Waals surface area contributed by atoms with Crippen molar-refractivity contribution in [1.82, 2.24) is 14.8 Å². The highest BCUT2D eigenvalue weighted by Crippen LogP contribution is 2.35. The summed E-state index contributed by atoms with van der Waals surface area (Å²) in [5.41, 5.74) is 1.88. The Morgan fingerprint density at radius 3 is 2.72 bits per heavy atom. The van der Waals surface area contributed by atoms with E-state index >= 15 is 0 Å². The van der Waals surface area contributed by atoms with Crippen molar-refractivity contribution in [2.24, 2.45) is 12.2 Å². The zero-order chi connectivity index (χ0) is 20.0. The third kappa shape index (κ3) is 3.28. The van der Waals surface area contributed by atoms with E-state index in [-0.39, 0.29) is 11.8 Å². The molecule has 7 heteroatoms. The van der Waals surface area contributed by atoms with Gasteiger partial charge in [0.1, 0.15) is 11.3 Å². The standard InChI is InChI=1S/C22H26N4O3/c1-25-10-7-15-13-16(5-6-19(15)25)21(28)26-11-8-22(9-12-26)14-18(24-29-22)20(27)23-17-3-2-4-17/h5-7,10,13,17H,2-4,8-9,11-12,14H2,1H3,(H,23,27). The number of oxime groups is 1. The number of amides is 2. The molecule has 1 aliphatic carbocycles. The van der Waals surface area contributed by atoms with Gasteiger partial charge in [-0.15, -0.1) is 0 Å². The minimum absolute atomic E-state index is 0.0486. The van der Waals surface area contributed by atoms with Crippen LogP contribution in [0.3, 0.4) is 0 Å². The van der Waals surface area contributed by atoms with Crippen LogP contribution in [-0.2, 0) is 16.7 Å². The first-order chi connectivity index (χ1) is 14.0. The number of carbonyl (C=O) groups excluding carboxylic acids is 2. The highest BCUT2D eigenvalue weighted by atomic mass is 16.7. The molecule has 2 fully saturated rings. The zero-order valence-corrected chi connectivity index (χ0v) is 16.7. The maximum atomic E-state index is 13.0. The second-order valence-corrected chi connectivity index (χ2v) is 8.58. The average Bonchev–Trinajstić information content (AvgIpc) is 3.29. The molecule has 1 spiro atoms. The molecule has 1 N–H and O–H groups in total. The number of fused-ring (bicyclic) bond motifs is 1. The van der Waals surface area contributed by atoms with Gasteiger partial charge < -0.3 is 19.6 Å². The van der Waals surface area contributed by atoms with E-state index in [0.717, 1.165) is 23.7 Å². The molecule has 2 aromatic rings. The largest absolute Gasteiger partial charge is 0.388 e. The van der Waals surface area contributed by atoms with Crippen LogP contribution in [0.5, 0.6) is 0 Å². The third-order valence-corrected chi connectivity index (χ3v) is 6.64. The zero-order valence-electron chi connectivity index (χ0n) is 16.7. The third-order valence-electron chi connectivity index (χ3n) is 6.64. The second-order valence-electron chi connectivity index (χ2n) is 8.58. The van der Waals surface area contributed by atoms with Crippen LogP contribution in [0.4, 0.5) is 0 Å². The van der Waals surface area contributed by atoms with Gasteiger partial charge in [-0.25, -0.2) is 0 Å². The number of piperidine rings is 1. The molecule has 0 atom stereocenters. The van der Waals surface area contributed by atoms with Crippen LogP contribution >= 0.6 is 0 Å². The summed E-state index contributed by atoms with van der Waals surface area (Å²) in [6.45, 7) is 1.22. The Morgan fingerprint density at radius 1 is 1.21 bits per heavy atom. The molecule has 3 heterocycles. The Morgan fingerprint density at radius 2 is 2.00 bits per heavy atom. The molecule has 0 unspecified atom stereocenters. The summed E-state index contributed by atoms with van der Waals surface area (Å²) in [5, 5.41) is 8.19. The Kier molecular flexibility index (Phi) is 4.33. The molecule has 1 aromatic heterocycles. The van der Waals surface area contributed by atoms with E-state index < -0.39 is 5.60 Å². The van der Waals surface area contributed by atoms with Crippen LogP contribution in [0.15, 0.2) is 35.6 Å². The molecule has 7 nitrogen and oxygen atoms in total. The number of nitrogens with one attached hydrogen (secondary N) is 1. The predicted octanol–water partition coefficient (Wildman–Crippen LogP) is 2.60. The molecule has 2 amide bonds. The lowest BCUT2D eigenvalue weighted by atomic mass is 9.86. The molecule has 3 aliphatic rings. The first-order valence-corrected chi connectivity index (χ1v) is 10.4. The molecule has 0 radical (unpaired) electrons. The lowest BCUT2D eigenvalue weighted by Crippen LogP contribution is -2.48. The van der Waals surface area contributed by atoms with Crippen molar-refractivity contribution in [2.75, 3.05) is 13.1 Å². The molecule has 2 aliphatic heterocycles. The molecule has 152 valence electrons. The van der Waals surface area contributed by atoms with Gasteiger partial charge in [0, 0.05) is 68.1 Å². The van der Waals surface area contributed by atoms with Crippen molar-refractivity contribution in [2.45, 2.75) is 50.2 Å². The van der Waals surface area contributed by atoms with Gasteiger partial charge in [0.2, 0.25) is 0 Å². The van der Waals surface area contributed by atoms with Gasteiger partial charge >= 0.3 is 0 Å². The fourth-order valence-corrected chi connectivity index (χ4v) is 4.45. The maximum Gasteiger partial charge on any atom is 0.269 e. The molecule has 0 bridgehead atoms. The van der Waals surface area contributed by atoms with Crippen LogP contribution < -0.4 is 5.32 Å². The topological polar surface area (TPSA) is 75.9 Å². The molecule has 5 rings (SSSR count). The van der Waals surface area contributed by atoms with Crippen molar-refractivity contribution in [3.63, 3.8) is 0 Å². The lowest BCUT2D eigenvalue weighted by Gasteiger charge is -2.37. The molecule has 1 aromatic carbocycles. The van der Waals surface area contributed by atoms with Crippen LogP contribution in [-0.4, -0.2) is 51.7 Å². The van der Waals surface area contributed by atoms with Gasteiger partial charge in [0.05, 0.1) is 0 Å². The number of rotatable bonds is 3. The summed E-state index contributed by atoms with van der Waals surface area (Å²) in [4.78, 5) is 32.9. The van der Waals surface area contributed by atoms with Crippen molar-refractivity contribution >= 4 is 28.4 Å². The SMILES string of the molecule is Cn1ccc2cc(C(=O)N3CCC4(CC3)CC(C(=O)NC3CCC3)=NO4)ccc21. The molecular formula is C22H26N4O3. The van der Waals surface area contributed by atoms with Gasteiger partial charge in [0.15, 0.2) is 0 Å². The average molecular weight is 394 g/mol. The Balaban J connectivity index is 1.20. The normalized spacial score (nSPS) is 21.0. The molecule has 29 heavy (non-hydrogen) atoms. The minimum Gasteiger partial charge on any atom is -0.388 e. The van der Waals surface area contributed by atoms with Crippen molar-refractivity contribution in [3.8, 4) is 0 Å². The smallest absolute Gasteiger partial charge is 0.269 e. The van der Waals surface area contributed by atoms with Crippen molar-refractivity contribution < 1.29 is 14.4 Å². The summed E-state index contributed by atoms with van der Waals surface area (Å²) in [5.74, 6) is -0.0475. The lowest BCUT2D eigenvalue weighted by molar-refractivity contribution is -0.116. The predicted molar refractivity (Wildman–Crippen MR) is 110 cm³/mol. The first-order valence-electron chi connectivity index (χ1n) is 10.4. The fraction of sp³-hybridized carbons (Fsp3) is 0.500. The van der Waals surface area contributed by atoms with Crippen molar-refractivity contribution in [3.05, 3.63) is 36.0 Å². The van der Waals surface area contributed by atoms with Gasteiger partial charge in [-0.05, 0) is 43.5 Å². The van der Waals surface area contributed by atoms with Crippen LogP contribution in [0.1, 0.15) is 48.9 Å². The fourth-order valence-electron chi connectivity index (χ4n) is 4.45. The Labute approximate surface area is 169 Å². The Bertz CT molecular complexity index is 997. The van der Waals surface area contributed by atoms with Crippen molar-refractivity contribution in [1.29, 1.82) is 0 Å². The minimum atomic E-state index is -0.438. The van der Waals surface area contributed by atoms with Gasteiger partial charge in [-0.3, -0.25) is 9.59 Å². The number of hydrogen-bond acceptors (Lipinski definition) is 4. The quantitative estimate of drug-likeness (QED) is 0.869. The van der Waals surface area contributed by atoms with Crippen LogP contribution in [0.25, 0.3) is 10.9 Å². The molecule has 1 saturated carbocycles. The molecule has 1 saturated heterocycles. The van der Waals surface area contributed by atoms with E-state index in [1.165, 1.54) is 6.42 Å². The highest BCUT2D eigenvalue weighted by molar-refractivity contribution is 6.39. The summed E-state index contributed by atoms with van der Waals surface area (Å²) >= 11 is 0. The monoisotopic (exact) mass is 394 g/mol. The summed E-state index contributed by atoms with van der Waals surface area (Å²) in [6.07, 6.45) is 7.20. The number of benzene rings is 1. The number of hydrogen-bond donors (Lipinski definition) is 1. The summed E-state index contributed by atoms with van der Waals surface area (Å²) in [7, 11) is 2.00. The van der Waals surface area contributed by atoms with Gasteiger partial charge in [-0.1, -0.05) is 5.16 Å². The van der Waals surface area contributed by atoms with Crippen LogP contribution in [0.2, 0.25) is 0 Å². The molecular weight excluding hydrogens is 368 g/mol. The van der Waals surface area contributed by atoms with E-state index in [1.807, 2.05) is 47.0 Å². The highest BCUT2D eigenvalue weighted by Gasteiger charge is 2.44. The number of aryl methyl sites for hydroxylation is 1. The van der Waals surface area contributed by atoms with Crippen LogP contribution in [0, 0.1) is 0 Å². The van der Waals surface area contributed by atoms with E-state index in [0.29, 0.717) is 49.7 Å². The maximum absolute atomic E-state index is 13.0. The summed E-state index contributed by atoms with van der Waals surface area (Å²) < 4.78 is 2.05. The van der Waals surface area contributed by atoms with E-state index in [1.54, 1.807) is 0 Å². The number of likely N-dealkylation sites (tertiary alicyclic amines) is 1. The van der Waals surface area contributed by atoms with Gasteiger partial charge in [-0.2, -0.15) is 0 Å². The number of aromatic nitrogens is 1. The van der Waals surface area contributed by atoms with E-state index in [9.17, 15) is 9.59 Å². The number of nitrogens with zero attached hydrogens (tertiary/aromatic N) is 3. The summed E-state index contributed by atoms with van der Waals surface area (Å²) in [6, 6.07) is 8.17.